The van der Waals surface area contributed by atoms with Gasteiger partial charge < -0.3 is 0 Å². The largest absolute Gasteiger partial charge is 0.287 e. The second-order valence-corrected chi connectivity index (χ2v) is 9.25. The highest BCUT2D eigenvalue weighted by atomic mass is 32.2. The van der Waals surface area contributed by atoms with E-state index in [2.05, 4.69) is 15.3 Å². The second kappa shape index (κ2) is 6.30. The molecule has 0 spiro atoms. The lowest BCUT2D eigenvalue weighted by Crippen LogP contribution is -2.22. The molecule has 0 atom stereocenters. The van der Waals surface area contributed by atoms with E-state index in [1.807, 2.05) is 28.0 Å². The summed E-state index contributed by atoms with van der Waals surface area (Å²) in [6.45, 7) is 1.25. The van der Waals surface area contributed by atoms with Crippen LogP contribution in [0.4, 0.5) is 0 Å². The molecular formula is C19H20N6O2S. The van der Waals surface area contributed by atoms with E-state index in [4.69, 9.17) is 0 Å². The first-order chi connectivity index (χ1) is 13.5. The number of sulfone groups is 1. The SMILES string of the molecule is Cn1cc(S(=O)(=O)c2ccc3c(c2)C=NN(Cc2ccn(C4CC4)n2)C3)cn1. The number of aryl methyl sites for hydroxylation is 1. The van der Waals surface area contributed by atoms with Gasteiger partial charge in [0.1, 0.15) is 4.90 Å². The number of hydrazone groups is 1. The predicted molar refractivity (Wildman–Crippen MR) is 102 cm³/mol. The van der Waals surface area contributed by atoms with Gasteiger partial charge in [-0.3, -0.25) is 14.4 Å². The van der Waals surface area contributed by atoms with Crippen LogP contribution in [0.5, 0.6) is 0 Å². The van der Waals surface area contributed by atoms with Crippen LogP contribution in [-0.2, 0) is 30.0 Å². The Morgan fingerprint density at radius 1 is 1.18 bits per heavy atom. The number of nitrogens with zero attached hydrogens (tertiary/aromatic N) is 6. The Labute approximate surface area is 163 Å². The fourth-order valence-electron chi connectivity index (χ4n) is 3.35. The van der Waals surface area contributed by atoms with Crippen LogP contribution in [0.3, 0.4) is 0 Å². The van der Waals surface area contributed by atoms with Gasteiger partial charge in [0.05, 0.1) is 42.1 Å². The van der Waals surface area contributed by atoms with E-state index < -0.39 is 9.84 Å². The van der Waals surface area contributed by atoms with Crippen molar-refractivity contribution in [2.75, 3.05) is 0 Å². The summed E-state index contributed by atoms with van der Waals surface area (Å²) in [5, 5.41) is 15.0. The lowest BCUT2D eigenvalue weighted by molar-refractivity contribution is 0.263. The van der Waals surface area contributed by atoms with E-state index in [0.717, 1.165) is 16.8 Å². The molecule has 0 amide bonds. The molecule has 0 N–H and O–H groups in total. The summed E-state index contributed by atoms with van der Waals surface area (Å²) >= 11 is 0. The molecule has 3 aromatic rings. The third-order valence-electron chi connectivity index (χ3n) is 5.06. The van der Waals surface area contributed by atoms with Crippen LogP contribution < -0.4 is 0 Å². The predicted octanol–water partition coefficient (Wildman–Crippen LogP) is 2.13. The van der Waals surface area contributed by atoms with Crippen LogP contribution >= 0.6 is 0 Å². The average molecular weight is 396 g/mol. The minimum atomic E-state index is -3.58. The Hall–Kier alpha value is -2.94. The molecule has 5 rings (SSSR count). The minimum absolute atomic E-state index is 0.190. The number of rotatable bonds is 5. The molecule has 2 aliphatic rings. The van der Waals surface area contributed by atoms with Gasteiger partial charge in [0.25, 0.3) is 0 Å². The van der Waals surface area contributed by atoms with Crippen molar-refractivity contribution in [3.05, 3.63) is 59.7 Å². The average Bonchev–Trinajstić information content (AvgIpc) is 3.27. The molecule has 28 heavy (non-hydrogen) atoms. The van der Waals surface area contributed by atoms with Crippen molar-refractivity contribution < 1.29 is 8.42 Å². The summed E-state index contributed by atoms with van der Waals surface area (Å²) in [6.07, 6.45) is 9.04. The molecule has 1 aromatic carbocycles. The zero-order valence-corrected chi connectivity index (χ0v) is 16.2. The van der Waals surface area contributed by atoms with Gasteiger partial charge in [-0.05, 0) is 36.6 Å². The van der Waals surface area contributed by atoms with Gasteiger partial charge in [-0.2, -0.15) is 15.3 Å². The smallest absolute Gasteiger partial charge is 0.209 e. The van der Waals surface area contributed by atoms with Crippen molar-refractivity contribution in [2.45, 2.75) is 41.8 Å². The molecule has 0 radical (unpaired) electrons. The van der Waals surface area contributed by atoms with Crippen molar-refractivity contribution in [1.82, 2.24) is 24.6 Å². The Morgan fingerprint density at radius 3 is 2.79 bits per heavy atom. The van der Waals surface area contributed by atoms with E-state index in [0.29, 0.717) is 19.1 Å². The molecule has 2 aromatic heterocycles. The summed E-state index contributed by atoms with van der Waals surface area (Å²) < 4.78 is 29.1. The Morgan fingerprint density at radius 2 is 2.04 bits per heavy atom. The number of hydrogen-bond acceptors (Lipinski definition) is 6. The molecule has 9 heteroatoms. The van der Waals surface area contributed by atoms with E-state index >= 15 is 0 Å². The fourth-order valence-corrected chi connectivity index (χ4v) is 4.63. The normalized spacial score (nSPS) is 16.4. The zero-order valence-electron chi connectivity index (χ0n) is 15.4. The summed E-state index contributed by atoms with van der Waals surface area (Å²) in [5.41, 5.74) is 2.86. The van der Waals surface area contributed by atoms with Gasteiger partial charge in [0.2, 0.25) is 9.84 Å². The van der Waals surface area contributed by atoms with Gasteiger partial charge in [-0.1, -0.05) is 6.07 Å². The molecule has 144 valence electrons. The maximum absolute atomic E-state index is 12.8. The first-order valence-electron chi connectivity index (χ1n) is 9.19. The van der Waals surface area contributed by atoms with Crippen molar-refractivity contribution in [3.63, 3.8) is 0 Å². The molecule has 0 saturated heterocycles. The maximum Gasteiger partial charge on any atom is 0.209 e. The van der Waals surface area contributed by atoms with Crippen LogP contribution in [0.1, 0.15) is 35.7 Å². The molecule has 1 aliphatic carbocycles. The zero-order chi connectivity index (χ0) is 19.3. The maximum atomic E-state index is 12.8. The number of aromatic nitrogens is 4. The van der Waals surface area contributed by atoms with Gasteiger partial charge >= 0.3 is 0 Å². The van der Waals surface area contributed by atoms with E-state index in [-0.39, 0.29) is 9.79 Å². The van der Waals surface area contributed by atoms with Crippen LogP contribution in [-0.4, -0.2) is 39.2 Å². The summed E-state index contributed by atoms with van der Waals surface area (Å²) in [6, 6.07) is 7.80. The molecule has 1 saturated carbocycles. The lowest BCUT2D eigenvalue weighted by atomic mass is 10.1. The molecule has 1 fully saturated rings. The summed E-state index contributed by atoms with van der Waals surface area (Å²) in [4.78, 5) is 0.443. The first-order valence-corrected chi connectivity index (χ1v) is 10.7. The number of hydrogen-bond donors (Lipinski definition) is 0. The van der Waals surface area contributed by atoms with Crippen LogP contribution in [0.15, 0.2) is 57.7 Å². The van der Waals surface area contributed by atoms with Crippen molar-refractivity contribution in [1.29, 1.82) is 0 Å². The molecular weight excluding hydrogens is 376 g/mol. The minimum Gasteiger partial charge on any atom is -0.287 e. The molecule has 1 aliphatic heterocycles. The van der Waals surface area contributed by atoms with Gasteiger partial charge in [0, 0.05) is 25.0 Å². The summed E-state index contributed by atoms with van der Waals surface area (Å²) in [7, 11) is -1.89. The van der Waals surface area contributed by atoms with Gasteiger partial charge in [-0.25, -0.2) is 8.42 Å². The number of fused-ring (bicyclic) bond motifs is 1. The lowest BCUT2D eigenvalue weighted by Gasteiger charge is -2.23. The third-order valence-corrected chi connectivity index (χ3v) is 6.77. The van der Waals surface area contributed by atoms with Crippen LogP contribution in [0, 0.1) is 0 Å². The van der Waals surface area contributed by atoms with Crippen molar-refractivity contribution in [2.24, 2.45) is 12.1 Å². The Kier molecular flexibility index (Phi) is 3.87. The standard InChI is InChI=1S/C19H20N6O2S/c1-23-13-19(10-20-23)28(26,27)18-5-2-14-11-24(21-9-15(14)8-18)12-16-6-7-25(22-16)17-3-4-17/h2,5-10,13,17H,3-4,11-12H2,1H3. The molecule has 0 bridgehead atoms. The Bertz CT molecular complexity index is 1170. The summed E-state index contributed by atoms with van der Waals surface area (Å²) in [5.74, 6) is 0. The molecule has 0 unspecified atom stereocenters. The highest BCUT2D eigenvalue weighted by Crippen LogP contribution is 2.34. The van der Waals surface area contributed by atoms with E-state index in [9.17, 15) is 8.42 Å². The molecule has 3 heterocycles. The van der Waals surface area contributed by atoms with Crippen LogP contribution in [0.2, 0.25) is 0 Å². The van der Waals surface area contributed by atoms with Gasteiger partial charge in [-0.15, -0.1) is 0 Å². The highest BCUT2D eigenvalue weighted by Gasteiger charge is 2.25. The van der Waals surface area contributed by atoms with Crippen LogP contribution in [0.25, 0.3) is 0 Å². The van der Waals surface area contributed by atoms with Crippen molar-refractivity contribution in [3.8, 4) is 0 Å². The second-order valence-electron chi connectivity index (χ2n) is 7.30. The quantitative estimate of drug-likeness (QED) is 0.660. The van der Waals surface area contributed by atoms with E-state index in [1.165, 1.54) is 29.9 Å². The topological polar surface area (TPSA) is 85.4 Å². The highest BCUT2D eigenvalue weighted by molar-refractivity contribution is 7.91. The van der Waals surface area contributed by atoms with E-state index in [1.54, 1.807) is 25.4 Å². The fraction of sp³-hybridized carbons (Fsp3) is 0.316. The Balaban J connectivity index is 1.35. The molecule has 8 nitrogen and oxygen atoms in total. The van der Waals surface area contributed by atoms with Crippen molar-refractivity contribution >= 4 is 16.1 Å². The number of benzene rings is 1. The first kappa shape index (κ1) is 17.2. The van der Waals surface area contributed by atoms with Gasteiger partial charge in [0.15, 0.2) is 0 Å². The monoisotopic (exact) mass is 396 g/mol. The third kappa shape index (κ3) is 3.11.